The van der Waals surface area contributed by atoms with Gasteiger partial charge in [0.1, 0.15) is 0 Å². The second-order valence-electron chi connectivity index (χ2n) is 4.11. The van der Waals surface area contributed by atoms with Gasteiger partial charge < -0.3 is 5.11 Å². The molecule has 15 heavy (non-hydrogen) atoms. The molecular formula is C13H21BrO. The smallest absolute Gasteiger partial charge is 0.0319 e. The zero-order valence-electron chi connectivity index (χ0n) is 10.0. The van der Waals surface area contributed by atoms with Crippen LogP contribution in [0.3, 0.4) is 0 Å². The number of hydrogen-bond acceptors (Lipinski definition) is 1. The minimum absolute atomic E-state index is 0.287. The van der Waals surface area contributed by atoms with Gasteiger partial charge in [-0.3, -0.25) is 0 Å². The molecule has 0 fully saturated rings. The van der Waals surface area contributed by atoms with Crippen molar-refractivity contribution in [2.45, 2.75) is 39.0 Å². The number of hydrogen-bond donors (Lipinski definition) is 1. The Hall–Kier alpha value is -0.340. The Balaban J connectivity index is 0.000000921. The monoisotopic (exact) mass is 272 g/mol. The van der Waals surface area contributed by atoms with Crippen LogP contribution in [0.15, 0.2) is 28.7 Å². The van der Waals surface area contributed by atoms with Crippen LogP contribution >= 0.6 is 15.9 Å². The highest BCUT2D eigenvalue weighted by Gasteiger charge is 2.21. The third-order valence-corrected chi connectivity index (χ3v) is 3.17. The molecule has 0 saturated heterocycles. The van der Waals surface area contributed by atoms with Crippen LogP contribution < -0.4 is 0 Å². The van der Waals surface area contributed by atoms with Gasteiger partial charge in [0.2, 0.25) is 0 Å². The molecule has 1 N–H and O–H groups in total. The number of benzene rings is 1. The van der Waals surface area contributed by atoms with Crippen molar-refractivity contribution in [3.05, 3.63) is 34.3 Å². The molecule has 0 amide bonds. The minimum Gasteiger partial charge on any atom is -0.400 e. The molecule has 0 atom stereocenters. The summed E-state index contributed by atoms with van der Waals surface area (Å²) in [7, 11) is 1.00. The molecular weight excluding hydrogens is 252 g/mol. The average Bonchev–Trinajstić information content (AvgIpc) is 2.21. The van der Waals surface area contributed by atoms with Gasteiger partial charge in [-0.05, 0) is 23.5 Å². The van der Waals surface area contributed by atoms with Crippen LogP contribution in [0.5, 0.6) is 0 Å². The van der Waals surface area contributed by atoms with Crippen molar-refractivity contribution in [1.29, 1.82) is 0 Å². The van der Waals surface area contributed by atoms with Crippen molar-refractivity contribution in [2.75, 3.05) is 7.11 Å². The van der Waals surface area contributed by atoms with Crippen molar-refractivity contribution in [3.8, 4) is 0 Å². The molecule has 1 aromatic rings. The fraction of sp³-hybridized carbons (Fsp3) is 0.538. The fourth-order valence-electron chi connectivity index (χ4n) is 1.77. The van der Waals surface area contributed by atoms with Crippen LogP contribution in [0.25, 0.3) is 0 Å². The van der Waals surface area contributed by atoms with E-state index in [-0.39, 0.29) is 5.41 Å². The number of aliphatic hydroxyl groups is 1. The summed E-state index contributed by atoms with van der Waals surface area (Å²) in [6, 6.07) is 8.50. The van der Waals surface area contributed by atoms with Crippen LogP contribution in [0.4, 0.5) is 0 Å². The highest BCUT2D eigenvalue weighted by Crippen LogP contribution is 2.33. The molecule has 0 spiro atoms. The van der Waals surface area contributed by atoms with Gasteiger partial charge in [-0.15, -0.1) is 0 Å². The summed E-state index contributed by atoms with van der Waals surface area (Å²) in [6.07, 6.45) is 2.46. The third kappa shape index (κ3) is 4.35. The van der Waals surface area contributed by atoms with E-state index in [4.69, 9.17) is 5.11 Å². The molecule has 86 valence electrons. The van der Waals surface area contributed by atoms with E-state index >= 15 is 0 Å². The molecule has 1 rings (SSSR count). The maximum Gasteiger partial charge on any atom is 0.0319 e. The lowest BCUT2D eigenvalue weighted by Crippen LogP contribution is -2.17. The van der Waals surface area contributed by atoms with E-state index in [1.165, 1.54) is 22.9 Å². The Morgan fingerprint density at radius 2 is 1.73 bits per heavy atom. The summed E-state index contributed by atoms with van der Waals surface area (Å²) in [5.41, 5.74) is 1.70. The van der Waals surface area contributed by atoms with Gasteiger partial charge in [0.05, 0.1) is 0 Å². The van der Waals surface area contributed by atoms with Crippen molar-refractivity contribution in [3.63, 3.8) is 0 Å². The molecule has 0 aliphatic heterocycles. The molecule has 2 heteroatoms. The molecule has 0 unspecified atom stereocenters. The topological polar surface area (TPSA) is 20.2 Å². The molecule has 0 radical (unpaired) electrons. The van der Waals surface area contributed by atoms with E-state index in [0.29, 0.717) is 0 Å². The normalized spacial score (nSPS) is 10.5. The van der Waals surface area contributed by atoms with Crippen molar-refractivity contribution >= 4 is 15.9 Å². The molecule has 1 aromatic carbocycles. The van der Waals surface area contributed by atoms with Gasteiger partial charge in [-0.1, -0.05) is 61.3 Å². The number of halogens is 1. The summed E-state index contributed by atoms with van der Waals surface area (Å²) in [5, 5.41) is 7.00. The SMILES string of the molecule is CCCC(C)(C)c1ccccc1Br.CO. The first-order chi connectivity index (χ1) is 7.08. The summed E-state index contributed by atoms with van der Waals surface area (Å²) in [6.45, 7) is 6.84. The quantitative estimate of drug-likeness (QED) is 0.877. The van der Waals surface area contributed by atoms with Crippen LogP contribution in [0.2, 0.25) is 0 Å². The summed E-state index contributed by atoms with van der Waals surface area (Å²) < 4.78 is 1.23. The second-order valence-corrected chi connectivity index (χ2v) is 4.97. The number of rotatable bonds is 3. The Morgan fingerprint density at radius 1 is 1.20 bits per heavy atom. The maximum atomic E-state index is 7.00. The zero-order chi connectivity index (χ0) is 11.9. The lowest BCUT2D eigenvalue weighted by atomic mass is 9.81. The molecule has 0 aliphatic rings. The standard InChI is InChI=1S/C12H17Br.CH4O/c1-4-9-12(2,3)10-7-5-6-8-11(10)13;1-2/h5-8H,4,9H2,1-3H3;2H,1H3. The van der Waals surface area contributed by atoms with E-state index in [2.05, 4.69) is 61.0 Å². The highest BCUT2D eigenvalue weighted by molar-refractivity contribution is 9.10. The largest absolute Gasteiger partial charge is 0.400 e. The van der Waals surface area contributed by atoms with Gasteiger partial charge in [0, 0.05) is 11.6 Å². The molecule has 0 aromatic heterocycles. The van der Waals surface area contributed by atoms with E-state index in [1.807, 2.05) is 0 Å². The highest BCUT2D eigenvalue weighted by atomic mass is 79.9. The van der Waals surface area contributed by atoms with Crippen LogP contribution in [0.1, 0.15) is 39.2 Å². The molecule has 0 heterocycles. The fourth-order valence-corrected chi connectivity index (χ4v) is 2.59. The molecule has 1 nitrogen and oxygen atoms in total. The first-order valence-electron chi connectivity index (χ1n) is 5.27. The third-order valence-electron chi connectivity index (χ3n) is 2.48. The van der Waals surface area contributed by atoms with Gasteiger partial charge >= 0.3 is 0 Å². The Bertz CT molecular complexity index is 282. The predicted octanol–water partition coefficient (Wildman–Crippen LogP) is 4.14. The van der Waals surface area contributed by atoms with Crippen molar-refractivity contribution in [1.82, 2.24) is 0 Å². The lowest BCUT2D eigenvalue weighted by Gasteiger charge is -2.25. The Morgan fingerprint density at radius 3 is 2.20 bits per heavy atom. The van der Waals surface area contributed by atoms with Crippen molar-refractivity contribution in [2.24, 2.45) is 0 Å². The maximum absolute atomic E-state index is 7.00. The Kier molecular flexibility index (Phi) is 6.86. The van der Waals surface area contributed by atoms with E-state index < -0.39 is 0 Å². The Labute approximate surface area is 102 Å². The first-order valence-corrected chi connectivity index (χ1v) is 6.07. The molecule has 0 aliphatic carbocycles. The van der Waals surface area contributed by atoms with Gasteiger partial charge in [0.15, 0.2) is 0 Å². The summed E-state index contributed by atoms with van der Waals surface area (Å²) >= 11 is 3.60. The van der Waals surface area contributed by atoms with Gasteiger partial charge in [-0.2, -0.15) is 0 Å². The van der Waals surface area contributed by atoms with Gasteiger partial charge in [0.25, 0.3) is 0 Å². The number of aliphatic hydroxyl groups excluding tert-OH is 1. The molecule has 0 saturated carbocycles. The van der Waals surface area contributed by atoms with E-state index in [1.54, 1.807) is 0 Å². The van der Waals surface area contributed by atoms with E-state index in [9.17, 15) is 0 Å². The second kappa shape index (κ2) is 7.02. The van der Waals surface area contributed by atoms with Crippen LogP contribution in [-0.4, -0.2) is 12.2 Å². The van der Waals surface area contributed by atoms with Crippen LogP contribution in [0, 0.1) is 0 Å². The van der Waals surface area contributed by atoms with Crippen LogP contribution in [-0.2, 0) is 5.41 Å². The lowest BCUT2D eigenvalue weighted by molar-refractivity contribution is 0.399. The summed E-state index contributed by atoms with van der Waals surface area (Å²) in [4.78, 5) is 0. The molecule has 0 bridgehead atoms. The van der Waals surface area contributed by atoms with Gasteiger partial charge in [-0.25, -0.2) is 0 Å². The predicted molar refractivity (Wildman–Crippen MR) is 70.2 cm³/mol. The minimum atomic E-state index is 0.287. The zero-order valence-corrected chi connectivity index (χ0v) is 11.6. The average molecular weight is 273 g/mol. The van der Waals surface area contributed by atoms with Crippen molar-refractivity contribution < 1.29 is 5.11 Å². The van der Waals surface area contributed by atoms with E-state index in [0.717, 1.165) is 7.11 Å². The summed E-state index contributed by atoms with van der Waals surface area (Å²) in [5.74, 6) is 0. The first kappa shape index (κ1) is 14.7.